The molecule has 1 radical (unpaired) electrons. The van der Waals surface area contributed by atoms with Crippen LogP contribution >= 0.6 is 0 Å². The molecule has 0 aliphatic heterocycles. The predicted octanol–water partition coefficient (Wildman–Crippen LogP) is 5.54. The van der Waals surface area contributed by atoms with Gasteiger partial charge in [0.25, 0.3) is 0 Å². The maximum atomic E-state index is 12.7. The lowest BCUT2D eigenvalue weighted by molar-refractivity contribution is -0.189. The van der Waals surface area contributed by atoms with Crippen molar-refractivity contribution in [1.82, 2.24) is 0 Å². The molecule has 4 unspecified atom stereocenters. The average molecular weight is 301 g/mol. The van der Waals surface area contributed by atoms with E-state index in [1.54, 1.807) is 0 Å². The molecular formula is C14H19F6. The molecule has 4 atom stereocenters. The van der Waals surface area contributed by atoms with Gasteiger partial charge in [0, 0.05) is 0 Å². The highest BCUT2D eigenvalue weighted by Crippen LogP contribution is 2.47. The Labute approximate surface area is 114 Å². The summed E-state index contributed by atoms with van der Waals surface area (Å²) in [6.07, 6.45) is -4.84. The molecule has 2 rings (SSSR count). The van der Waals surface area contributed by atoms with E-state index in [-0.39, 0.29) is 31.1 Å². The Kier molecular flexibility index (Phi) is 4.59. The Morgan fingerprint density at radius 2 is 1.45 bits per heavy atom. The molecule has 0 saturated heterocycles. The van der Waals surface area contributed by atoms with Crippen molar-refractivity contribution in [1.29, 1.82) is 0 Å². The highest BCUT2D eigenvalue weighted by molar-refractivity contribution is 4.93. The SMILES string of the molecule is FC(F)(F)C1[CH]CC(C2CCCC(C(F)(F)F)C2)CC1. The van der Waals surface area contributed by atoms with Crippen LogP contribution in [0, 0.1) is 30.1 Å². The summed E-state index contributed by atoms with van der Waals surface area (Å²) in [7, 11) is 0. The zero-order valence-corrected chi connectivity index (χ0v) is 11.1. The second-order valence-electron chi connectivity index (χ2n) is 6.12. The highest BCUT2D eigenvalue weighted by atomic mass is 19.4. The molecule has 6 heteroatoms. The zero-order valence-electron chi connectivity index (χ0n) is 11.1. The molecule has 20 heavy (non-hydrogen) atoms. The van der Waals surface area contributed by atoms with Crippen molar-refractivity contribution in [2.24, 2.45) is 23.7 Å². The zero-order chi connectivity index (χ0) is 15.0. The van der Waals surface area contributed by atoms with Crippen LogP contribution in [0.15, 0.2) is 0 Å². The Bertz CT molecular complexity index is 311. The van der Waals surface area contributed by atoms with Crippen LogP contribution in [0.2, 0.25) is 0 Å². The lowest BCUT2D eigenvalue weighted by Gasteiger charge is -2.39. The lowest BCUT2D eigenvalue weighted by Crippen LogP contribution is -2.35. The van der Waals surface area contributed by atoms with Gasteiger partial charge in [-0.05, 0) is 50.4 Å². The number of rotatable bonds is 1. The summed E-state index contributed by atoms with van der Waals surface area (Å²) in [6.45, 7) is 0. The van der Waals surface area contributed by atoms with Gasteiger partial charge in [-0.15, -0.1) is 0 Å². The molecule has 0 amide bonds. The molecule has 117 valence electrons. The molecule has 0 aromatic heterocycles. The molecule has 0 aromatic carbocycles. The molecule has 2 saturated carbocycles. The first-order valence-corrected chi connectivity index (χ1v) is 7.14. The molecule has 0 N–H and O–H groups in total. The summed E-state index contributed by atoms with van der Waals surface area (Å²) in [5, 5.41) is 0. The van der Waals surface area contributed by atoms with Gasteiger partial charge in [0.05, 0.1) is 11.8 Å². The van der Waals surface area contributed by atoms with Gasteiger partial charge in [0.1, 0.15) is 0 Å². The average Bonchev–Trinajstić information content (AvgIpc) is 2.37. The summed E-state index contributed by atoms with van der Waals surface area (Å²) < 4.78 is 75.9. The molecule has 0 bridgehead atoms. The summed E-state index contributed by atoms with van der Waals surface area (Å²) in [5.74, 6) is -2.71. The van der Waals surface area contributed by atoms with Gasteiger partial charge in [0.2, 0.25) is 0 Å². The van der Waals surface area contributed by atoms with Gasteiger partial charge in [-0.1, -0.05) is 12.8 Å². The maximum absolute atomic E-state index is 12.7. The largest absolute Gasteiger partial charge is 0.392 e. The van der Waals surface area contributed by atoms with E-state index in [2.05, 4.69) is 0 Å². The van der Waals surface area contributed by atoms with Crippen molar-refractivity contribution in [3.05, 3.63) is 6.42 Å². The Morgan fingerprint density at radius 1 is 0.750 bits per heavy atom. The summed E-state index contributed by atoms with van der Waals surface area (Å²) in [5.41, 5.74) is 0. The standard InChI is InChI=1S/C14H19F6/c15-13(16,17)11-6-4-9(5-7-11)10-2-1-3-12(8-10)14(18,19)20/h6,9-12H,1-5,7-8H2. The fraction of sp³-hybridized carbons (Fsp3) is 0.929. The molecule has 0 heterocycles. The fourth-order valence-corrected chi connectivity index (χ4v) is 3.65. The van der Waals surface area contributed by atoms with E-state index >= 15 is 0 Å². The third-order valence-corrected chi connectivity index (χ3v) is 4.84. The van der Waals surface area contributed by atoms with E-state index < -0.39 is 24.2 Å². The molecule has 0 spiro atoms. The Balaban J connectivity index is 1.87. The number of halogens is 6. The third kappa shape index (κ3) is 3.82. The number of hydrogen-bond acceptors (Lipinski definition) is 0. The first-order chi connectivity index (χ1) is 9.18. The molecule has 2 aliphatic carbocycles. The normalized spacial score (nSPS) is 36.9. The van der Waals surface area contributed by atoms with Gasteiger partial charge in [-0.3, -0.25) is 0 Å². The van der Waals surface area contributed by atoms with Crippen molar-refractivity contribution in [2.45, 2.75) is 57.3 Å². The van der Waals surface area contributed by atoms with Gasteiger partial charge < -0.3 is 0 Å². The first-order valence-electron chi connectivity index (χ1n) is 7.14. The molecule has 2 fully saturated rings. The van der Waals surface area contributed by atoms with Crippen LogP contribution in [0.3, 0.4) is 0 Å². The van der Waals surface area contributed by atoms with Gasteiger partial charge >= 0.3 is 12.4 Å². The number of hydrogen-bond donors (Lipinski definition) is 0. The minimum absolute atomic E-state index is 0.00116. The maximum Gasteiger partial charge on any atom is 0.392 e. The van der Waals surface area contributed by atoms with Crippen LogP contribution in [-0.2, 0) is 0 Å². The molecule has 0 aromatic rings. The van der Waals surface area contributed by atoms with Crippen molar-refractivity contribution in [3.63, 3.8) is 0 Å². The van der Waals surface area contributed by atoms with Crippen molar-refractivity contribution in [2.75, 3.05) is 0 Å². The van der Waals surface area contributed by atoms with Crippen LogP contribution in [0.4, 0.5) is 26.3 Å². The van der Waals surface area contributed by atoms with E-state index in [9.17, 15) is 26.3 Å². The minimum atomic E-state index is -4.20. The predicted molar refractivity (Wildman–Crippen MR) is 62.7 cm³/mol. The van der Waals surface area contributed by atoms with Crippen LogP contribution in [0.5, 0.6) is 0 Å². The van der Waals surface area contributed by atoms with Crippen molar-refractivity contribution >= 4 is 0 Å². The summed E-state index contributed by atoms with van der Waals surface area (Å²) >= 11 is 0. The molecular weight excluding hydrogens is 282 g/mol. The summed E-state index contributed by atoms with van der Waals surface area (Å²) in [4.78, 5) is 0. The van der Waals surface area contributed by atoms with E-state index in [4.69, 9.17) is 0 Å². The van der Waals surface area contributed by atoms with Crippen LogP contribution < -0.4 is 0 Å². The van der Waals surface area contributed by atoms with Gasteiger partial charge in [0.15, 0.2) is 0 Å². The fourth-order valence-electron chi connectivity index (χ4n) is 3.65. The Morgan fingerprint density at radius 3 is 1.95 bits per heavy atom. The molecule has 2 aliphatic rings. The second kappa shape index (κ2) is 5.76. The van der Waals surface area contributed by atoms with E-state index in [0.717, 1.165) is 6.42 Å². The quantitative estimate of drug-likeness (QED) is 0.558. The van der Waals surface area contributed by atoms with Gasteiger partial charge in [-0.25, -0.2) is 0 Å². The Hall–Kier alpha value is -0.420. The first kappa shape index (κ1) is 16.0. The summed E-state index contributed by atoms with van der Waals surface area (Å²) in [6, 6.07) is 0. The van der Waals surface area contributed by atoms with E-state index in [1.807, 2.05) is 0 Å². The van der Waals surface area contributed by atoms with Crippen molar-refractivity contribution < 1.29 is 26.3 Å². The van der Waals surface area contributed by atoms with Crippen LogP contribution in [0.1, 0.15) is 44.9 Å². The molecule has 0 nitrogen and oxygen atoms in total. The number of alkyl halides is 6. The highest BCUT2D eigenvalue weighted by Gasteiger charge is 2.46. The van der Waals surface area contributed by atoms with E-state index in [0.29, 0.717) is 19.3 Å². The van der Waals surface area contributed by atoms with E-state index in [1.165, 1.54) is 6.42 Å². The monoisotopic (exact) mass is 301 g/mol. The van der Waals surface area contributed by atoms with Crippen molar-refractivity contribution in [3.8, 4) is 0 Å². The smallest absolute Gasteiger partial charge is 0.171 e. The van der Waals surface area contributed by atoms with Crippen LogP contribution in [0.25, 0.3) is 0 Å². The minimum Gasteiger partial charge on any atom is -0.171 e. The van der Waals surface area contributed by atoms with Crippen LogP contribution in [-0.4, -0.2) is 12.4 Å². The topological polar surface area (TPSA) is 0 Å². The van der Waals surface area contributed by atoms with Gasteiger partial charge in [-0.2, -0.15) is 26.3 Å². The third-order valence-electron chi connectivity index (χ3n) is 4.84. The lowest BCUT2D eigenvalue weighted by atomic mass is 9.68. The second-order valence-corrected chi connectivity index (χ2v) is 6.12.